The molecule has 0 radical (unpaired) electrons. The molecule has 2 rings (SSSR count). The Labute approximate surface area is 128 Å². The first-order valence-corrected chi connectivity index (χ1v) is 8.29. The van der Waals surface area contributed by atoms with Gasteiger partial charge >= 0.3 is 6.03 Å². The second-order valence-corrected chi connectivity index (χ2v) is 7.61. The average molecular weight is 297 g/mol. The predicted octanol–water partition coefficient (Wildman–Crippen LogP) is 1.52. The van der Waals surface area contributed by atoms with Crippen molar-refractivity contribution in [2.75, 3.05) is 39.3 Å². The number of nitrogens with zero attached hydrogens (tertiary/aromatic N) is 2. The lowest BCUT2D eigenvalue weighted by molar-refractivity contribution is 0.118. The Morgan fingerprint density at radius 2 is 1.90 bits per heavy atom. The molecular weight excluding hydrogens is 266 g/mol. The van der Waals surface area contributed by atoms with Crippen molar-refractivity contribution in [2.45, 2.75) is 46.1 Å². The molecule has 21 heavy (non-hydrogen) atoms. The minimum Gasteiger partial charge on any atom is -0.393 e. The van der Waals surface area contributed by atoms with Gasteiger partial charge in [-0.15, -0.1) is 0 Å². The second kappa shape index (κ2) is 6.97. The van der Waals surface area contributed by atoms with Crippen LogP contribution in [-0.2, 0) is 0 Å². The van der Waals surface area contributed by atoms with Gasteiger partial charge in [-0.2, -0.15) is 0 Å². The van der Waals surface area contributed by atoms with Crippen molar-refractivity contribution in [3.8, 4) is 0 Å². The first kappa shape index (κ1) is 16.6. The molecule has 0 spiro atoms. The van der Waals surface area contributed by atoms with E-state index in [-0.39, 0.29) is 17.6 Å². The van der Waals surface area contributed by atoms with Crippen LogP contribution in [-0.4, -0.2) is 66.3 Å². The highest BCUT2D eigenvalue weighted by Crippen LogP contribution is 2.29. The Kier molecular flexibility index (Phi) is 5.49. The molecule has 1 heterocycles. The maximum Gasteiger partial charge on any atom is 0.317 e. The number of hydrogen-bond acceptors (Lipinski definition) is 3. The summed E-state index contributed by atoms with van der Waals surface area (Å²) in [4.78, 5) is 16.6. The molecular formula is C16H31N3O2. The summed E-state index contributed by atoms with van der Waals surface area (Å²) in [6, 6.07) is 0.0414. The summed E-state index contributed by atoms with van der Waals surface area (Å²) in [5, 5.41) is 12.5. The lowest BCUT2D eigenvalue weighted by atomic mass is 9.87. The summed E-state index contributed by atoms with van der Waals surface area (Å²) in [7, 11) is 0. The van der Waals surface area contributed by atoms with Crippen molar-refractivity contribution >= 4 is 6.03 Å². The van der Waals surface area contributed by atoms with Gasteiger partial charge in [0.2, 0.25) is 0 Å². The van der Waals surface area contributed by atoms with Crippen LogP contribution in [0.15, 0.2) is 0 Å². The van der Waals surface area contributed by atoms with Crippen molar-refractivity contribution in [3.05, 3.63) is 0 Å². The van der Waals surface area contributed by atoms with Crippen LogP contribution >= 0.6 is 0 Å². The van der Waals surface area contributed by atoms with Gasteiger partial charge in [0.1, 0.15) is 0 Å². The summed E-state index contributed by atoms with van der Waals surface area (Å²) in [6.07, 6.45) is 3.14. The fraction of sp³-hybridized carbons (Fsp3) is 0.938. The maximum absolute atomic E-state index is 12.2. The smallest absolute Gasteiger partial charge is 0.317 e. The zero-order valence-electron chi connectivity index (χ0n) is 13.8. The molecule has 5 nitrogen and oxygen atoms in total. The van der Waals surface area contributed by atoms with E-state index in [0.717, 1.165) is 32.1 Å². The number of urea groups is 1. The van der Waals surface area contributed by atoms with Gasteiger partial charge in [-0.25, -0.2) is 4.79 Å². The Morgan fingerprint density at radius 1 is 1.29 bits per heavy atom. The van der Waals surface area contributed by atoms with Crippen molar-refractivity contribution in [3.63, 3.8) is 0 Å². The molecule has 1 saturated heterocycles. The molecule has 0 aromatic heterocycles. The van der Waals surface area contributed by atoms with E-state index in [1.165, 1.54) is 19.4 Å². The molecule has 5 heteroatoms. The van der Waals surface area contributed by atoms with Crippen molar-refractivity contribution < 1.29 is 9.90 Å². The quantitative estimate of drug-likeness (QED) is 0.781. The van der Waals surface area contributed by atoms with Crippen LogP contribution in [0.3, 0.4) is 0 Å². The van der Waals surface area contributed by atoms with E-state index >= 15 is 0 Å². The molecule has 122 valence electrons. The van der Waals surface area contributed by atoms with Gasteiger partial charge in [-0.3, -0.25) is 4.90 Å². The largest absolute Gasteiger partial charge is 0.393 e. The van der Waals surface area contributed by atoms with Crippen LogP contribution in [0.2, 0.25) is 0 Å². The fourth-order valence-electron chi connectivity index (χ4n) is 3.10. The molecule has 2 amide bonds. The van der Waals surface area contributed by atoms with E-state index < -0.39 is 0 Å². The van der Waals surface area contributed by atoms with Gasteiger partial charge in [0, 0.05) is 39.3 Å². The highest BCUT2D eigenvalue weighted by molar-refractivity contribution is 5.74. The summed E-state index contributed by atoms with van der Waals surface area (Å²) >= 11 is 0. The number of amides is 2. The molecule has 1 atom stereocenters. The van der Waals surface area contributed by atoms with Gasteiger partial charge in [-0.05, 0) is 37.5 Å². The summed E-state index contributed by atoms with van der Waals surface area (Å²) in [6.45, 7) is 11.4. The standard InChI is InChI=1S/C16H31N3O2/c1-13(20)10-16(2,3)12-17-15(21)19-8-6-18(7-9-19)11-14-4-5-14/h13-14,20H,4-12H2,1-3H3,(H,17,21). The van der Waals surface area contributed by atoms with Crippen molar-refractivity contribution in [1.82, 2.24) is 15.1 Å². The summed E-state index contributed by atoms with van der Waals surface area (Å²) in [5.41, 5.74) is -0.0718. The highest BCUT2D eigenvalue weighted by Gasteiger charge is 2.28. The Bertz CT molecular complexity index is 345. The highest BCUT2D eigenvalue weighted by atomic mass is 16.3. The number of hydrogen-bond donors (Lipinski definition) is 2. The molecule has 0 aromatic carbocycles. The van der Waals surface area contributed by atoms with Gasteiger partial charge in [0.25, 0.3) is 0 Å². The minimum absolute atomic E-state index is 0.0414. The van der Waals surface area contributed by atoms with Gasteiger partial charge in [0.05, 0.1) is 6.10 Å². The first-order valence-electron chi connectivity index (χ1n) is 8.29. The predicted molar refractivity (Wildman–Crippen MR) is 84.2 cm³/mol. The SMILES string of the molecule is CC(O)CC(C)(C)CNC(=O)N1CCN(CC2CC2)CC1. The van der Waals surface area contributed by atoms with E-state index in [1.807, 2.05) is 4.90 Å². The second-order valence-electron chi connectivity index (χ2n) is 7.61. The molecule has 1 aliphatic carbocycles. The van der Waals surface area contributed by atoms with Crippen LogP contribution in [0.5, 0.6) is 0 Å². The van der Waals surface area contributed by atoms with E-state index in [2.05, 4.69) is 24.1 Å². The third kappa shape index (κ3) is 5.83. The fourth-order valence-corrected chi connectivity index (χ4v) is 3.10. The Morgan fingerprint density at radius 3 is 2.43 bits per heavy atom. The number of rotatable bonds is 6. The Balaban J connectivity index is 1.66. The van der Waals surface area contributed by atoms with Crippen LogP contribution in [0, 0.1) is 11.3 Å². The molecule has 2 aliphatic rings. The zero-order valence-corrected chi connectivity index (χ0v) is 13.8. The third-order valence-electron chi connectivity index (χ3n) is 4.44. The van der Waals surface area contributed by atoms with E-state index in [0.29, 0.717) is 13.0 Å². The topological polar surface area (TPSA) is 55.8 Å². The molecule has 2 fully saturated rings. The van der Waals surface area contributed by atoms with Crippen molar-refractivity contribution in [1.29, 1.82) is 0 Å². The molecule has 0 bridgehead atoms. The number of carbonyl (C=O) groups excluding carboxylic acids is 1. The average Bonchev–Trinajstić information content (AvgIpc) is 3.19. The van der Waals surface area contributed by atoms with Crippen LogP contribution < -0.4 is 5.32 Å². The van der Waals surface area contributed by atoms with E-state index in [4.69, 9.17) is 0 Å². The normalized spacial score (nSPS) is 22.2. The lowest BCUT2D eigenvalue weighted by Gasteiger charge is -2.35. The first-order chi connectivity index (χ1) is 9.85. The lowest BCUT2D eigenvalue weighted by Crippen LogP contribution is -2.53. The van der Waals surface area contributed by atoms with Crippen LogP contribution in [0.4, 0.5) is 4.79 Å². The number of piperazine rings is 1. The molecule has 1 saturated carbocycles. The number of carbonyl (C=O) groups is 1. The zero-order chi connectivity index (χ0) is 15.5. The van der Waals surface area contributed by atoms with Gasteiger partial charge < -0.3 is 15.3 Å². The monoisotopic (exact) mass is 297 g/mol. The number of aliphatic hydroxyl groups excluding tert-OH is 1. The number of nitrogens with one attached hydrogen (secondary N) is 1. The van der Waals surface area contributed by atoms with E-state index in [9.17, 15) is 9.90 Å². The van der Waals surface area contributed by atoms with Crippen molar-refractivity contribution in [2.24, 2.45) is 11.3 Å². The Hall–Kier alpha value is -0.810. The van der Waals surface area contributed by atoms with Crippen LogP contribution in [0.25, 0.3) is 0 Å². The number of aliphatic hydroxyl groups is 1. The van der Waals surface area contributed by atoms with E-state index in [1.54, 1.807) is 6.92 Å². The summed E-state index contributed by atoms with van der Waals surface area (Å²) < 4.78 is 0. The summed E-state index contributed by atoms with van der Waals surface area (Å²) in [5.74, 6) is 0.923. The molecule has 2 N–H and O–H groups in total. The third-order valence-corrected chi connectivity index (χ3v) is 4.44. The van der Waals surface area contributed by atoms with Gasteiger partial charge in [0.15, 0.2) is 0 Å². The van der Waals surface area contributed by atoms with Gasteiger partial charge in [-0.1, -0.05) is 13.8 Å². The minimum atomic E-state index is -0.331. The molecule has 1 unspecified atom stereocenters. The molecule has 0 aromatic rings. The van der Waals surface area contributed by atoms with Crippen LogP contribution in [0.1, 0.15) is 40.0 Å². The maximum atomic E-state index is 12.2. The molecule has 1 aliphatic heterocycles.